The number of benzene rings is 6. The van der Waals surface area contributed by atoms with Crippen molar-refractivity contribution in [3.8, 4) is 0 Å². The van der Waals surface area contributed by atoms with Crippen LogP contribution in [0.5, 0.6) is 0 Å². The number of hydrogen-bond acceptors (Lipinski definition) is 1. The van der Waals surface area contributed by atoms with E-state index in [0.29, 0.717) is 0 Å². The van der Waals surface area contributed by atoms with Gasteiger partial charge in [0.25, 0.3) is 0 Å². The number of rotatable bonds is 6. The van der Waals surface area contributed by atoms with E-state index in [0.717, 1.165) is 0 Å². The zero-order valence-electron chi connectivity index (χ0n) is 29.5. The molecule has 1 nitrogen and oxygen atoms in total. The van der Waals surface area contributed by atoms with Gasteiger partial charge in [-0.3, -0.25) is 0 Å². The standard InChI is InChI=1S/2C18H15Ge.C9H18BN/c2*1-4-10-16(11-5-1)19(17-12-6-2-7-13-17)18-14-8-3-9-15-18;1-8(2)6-5-7-9(3,4)11(8)10/h2*1-15H;5-7H2,1-4H3. The second-order valence-corrected chi connectivity index (χ2v) is 24.2. The molecule has 0 unspecified atom stereocenters. The number of piperidine rings is 1. The average Bonchev–Trinajstić information content (AvgIpc) is 3.14. The van der Waals surface area contributed by atoms with Gasteiger partial charge < -0.3 is 4.81 Å². The summed E-state index contributed by atoms with van der Waals surface area (Å²) in [5, 5.41) is 0. The molecule has 0 N–H and O–H groups in total. The summed E-state index contributed by atoms with van der Waals surface area (Å²) in [5.41, 5.74) is 0.365. The average molecular weight is 759 g/mol. The summed E-state index contributed by atoms with van der Waals surface area (Å²) in [4.78, 5) is 2.02. The van der Waals surface area contributed by atoms with Crippen molar-refractivity contribution in [2.45, 2.75) is 58.0 Å². The van der Waals surface area contributed by atoms with Crippen LogP contribution in [0, 0.1) is 0 Å². The summed E-state index contributed by atoms with van der Waals surface area (Å²) < 4.78 is 9.00. The van der Waals surface area contributed by atoms with Gasteiger partial charge in [0, 0.05) is 11.1 Å². The fraction of sp³-hybridized carbons (Fsp3) is 0.200. The molecule has 1 aliphatic heterocycles. The molecule has 0 atom stereocenters. The van der Waals surface area contributed by atoms with E-state index in [-0.39, 0.29) is 11.1 Å². The summed E-state index contributed by atoms with van der Waals surface area (Å²) in [6, 6.07) is 65.6. The van der Waals surface area contributed by atoms with Gasteiger partial charge in [-0.15, -0.1) is 0 Å². The van der Waals surface area contributed by atoms with Crippen LogP contribution in [0.3, 0.4) is 0 Å². The van der Waals surface area contributed by atoms with Crippen molar-refractivity contribution in [2.75, 3.05) is 0 Å². The number of hydrogen-bond donors (Lipinski definition) is 0. The third-order valence-electron chi connectivity index (χ3n) is 9.26. The molecule has 49 heavy (non-hydrogen) atoms. The van der Waals surface area contributed by atoms with Gasteiger partial charge in [0.05, 0.1) is 0 Å². The van der Waals surface area contributed by atoms with Gasteiger partial charge in [-0.1, -0.05) is 0 Å². The molecule has 1 fully saturated rings. The Morgan fingerprint density at radius 1 is 0.367 bits per heavy atom. The molecule has 0 saturated carbocycles. The van der Waals surface area contributed by atoms with Crippen molar-refractivity contribution < 1.29 is 0 Å². The van der Waals surface area contributed by atoms with Gasteiger partial charge in [-0.25, -0.2) is 0 Å². The van der Waals surface area contributed by atoms with Crippen LogP contribution in [0.1, 0.15) is 47.0 Å². The van der Waals surface area contributed by atoms with Crippen molar-refractivity contribution >= 4 is 63.1 Å². The van der Waals surface area contributed by atoms with Crippen LogP contribution in [-0.2, 0) is 0 Å². The number of nitrogens with zero attached hydrogens (tertiary/aromatic N) is 1. The molecular formula is C45H48BGe2N. The molecule has 0 bridgehead atoms. The molecule has 0 aliphatic carbocycles. The van der Waals surface area contributed by atoms with E-state index in [1.54, 1.807) is 0 Å². The second kappa shape index (κ2) is 17.9. The molecule has 1 heterocycles. The Hall–Kier alpha value is -3.57. The molecule has 6 aromatic rings. The maximum absolute atomic E-state index is 6.02. The van der Waals surface area contributed by atoms with Crippen LogP contribution in [0.25, 0.3) is 0 Å². The van der Waals surface area contributed by atoms with Crippen molar-refractivity contribution in [2.24, 2.45) is 0 Å². The molecule has 6 aromatic carbocycles. The first-order chi connectivity index (χ1) is 23.8. The van der Waals surface area contributed by atoms with Crippen LogP contribution in [-0.4, -0.2) is 52.6 Å². The second-order valence-electron chi connectivity index (χ2n) is 13.8. The molecule has 7 rings (SSSR count). The van der Waals surface area contributed by atoms with Gasteiger partial charge in [0.15, 0.2) is 7.98 Å². The van der Waals surface area contributed by atoms with Gasteiger partial charge in [-0.2, -0.15) is 0 Å². The summed E-state index contributed by atoms with van der Waals surface area (Å²) in [7, 11) is 6.02. The van der Waals surface area contributed by atoms with E-state index < -0.39 is 28.7 Å². The van der Waals surface area contributed by atoms with Gasteiger partial charge >= 0.3 is 237 Å². The molecule has 0 spiro atoms. The SMILES string of the molecule is [B]N1C(C)(C)CCCC1(C)C.c1cc[c]([Ge]([c]2ccccc2)[c]2ccccc2)cc1.c1cc[c]([Ge]([c]2ccccc2)[c]2ccccc2)cc1. The Morgan fingerprint density at radius 2 is 0.551 bits per heavy atom. The topological polar surface area (TPSA) is 3.24 Å². The summed E-state index contributed by atoms with van der Waals surface area (Å²) >= 11 is -3.26. The van der Waals surface area contributed by atoms with Crippen molar-refractivity contribution in [1.82, 2.24) is 4.81 Å². The zero-order valence-corrected chi connectivity index (χ0v) is 33.7. The van der Waals surface area contributed by atoms with E-state index in [9.17, 15) is 0 Å². The fourth-order valence-electron chi connectivity index (χ4n) is 6.64. The molecule has 244 valence electrons. The third kappa shape index (κ3) is 10.2. The van der Waals surface area contributed by atoms with Crippen molar-refractivity contribution in [3.63, 3.8) is 0 Å². The zero-order chi connectivity index (χ0) is 34.5. The molecular weight excluding hydrogens is 711 g/mol. The van der Waals surface area contributed by atoms with E-state index in [2.05, 4.69) is 210 Å². The monoisotopic (exact) mass is 761 g/mol. The van der Waals surface area contributed by atoms with Gasteiger partial charge in [0.2, 0.25) is 0 Å². The first kappa shape index (κ1) is 36.7. The Labute approximate surface area is 306 Å². The summed E-state index contributed by atoms with van der Waals surface area (Å²) in [5.74, 6) is 0. The predicted octanol–water partition coefficient (Wildman–Crippen LogP) is 6.52. The molecule has 1 saturated heterocycles. The third-order valence-corrected chi connectivity index (χ3v) is 20.7. The van der Waals surface area contributed by atoms with Gasteiger partial charge in [-0.05, 0) is 47.0 Å². The molecule has 1 aliphatic rings. The molecule has 0 aromatic heterocycles. The maximum atomic E-state index is 6.02. The van der Waals surface area contributed by atoms with Gasteiger partial charge in [0.1, 0.15) is 0 Å². The van der Waals surface area contributed by atoms with E-state index in [1.165, 1.54) is 45.6 Å². The normalized spacial score (nSPS) is 15.0. The Bertz CT molecular complexity index is 1460. The minimum atomic E-state index is -1.63. The van der Waals surface area contributed by atoms with Crippen molar-refractivity contribution in [3.05, 3.63) is 182 Å². The predicted molar refractivity (Wildman–Crippen MR) is 218 cm³/mol. The van der Waals surface area contributed by atoms with Crippen LogP contribution >= 0.6 is 0 Å². The van der Waals surface area contributed by atoms with E-state index in [1.807, 2.05) is 4.81 Å². The van der Waals surface area contributed by atoms with Crippen LogP contribution in [0.2, 0.25) is 0 Å². The van der Waals surface area contributed by atoms with E-state index in [4.69, 9.17) is 7.98 Å². The molecule has 0 amide bonds. The van der Waals surface area contributed by atoms with Crippen LogP contribution < -0.4 is 26.4 Å². The first-order valence-electron chi connectivity index (χ1n) is 17.4. The Morgan fingerprint density at radius 3 is 0.714 bits per heavy atom. The fourth-order valence-corrected chi connectivity index (χ4v) is 17.5. The summed E-state index contributed by atoms with van der Waals surface area (Å²) in [6.07, 6.45) is 3.73. The summed E-state index contributed by atoms with van der Waals surface area (Å²) in [6.45, 7) is 8.86. The Kier molecular flexibility index (Phi) is 13.4. The van der Waals surface area contributed by atoms with Crippen LogP contribution in [0.15, 0.2) is 182 Å². The first-order valence-corrected chi connectivity index (χ1v) is 23.7. The van der Waals surface area contributed by atoms with Crippen LogP contribution in [0.4, 0.5) is 0 Å². The molecule has 4 heteroatoms. The molecule has 4 radical (unpaired) electrons. The quantitative estimate of drug-likeness (QED) is 0.175. The van der Waals surface area contributed by atoms with E-state index >= 15 is 0 Å². The minimum absolute atomic E-state index is 0.182. The van der Waals surface area contributed by atoms with Crippen molar-refractivity contribution in [1.29, 1.82) is 0 Å². The Balaban J connectivity index is 0.000000149.